The summed E-state index contributed by atoms with van der Waals surface area (Å²) in [6.07, 6.45) is 5.72. The zero-order valence-corrected chi connectivity index (χ0v) is 11.7. The first-order valence-corrected chi connectivity index (χ1v) is 7.03. The summed E-state index contributed by atoms with van der Waals surface area (Å²) in [6, 6.07) is 8.57. The van der Waals surface area contributed by atoms with Gasteiger partial charge < -0.3 is 5.32 Å². The average molecular weight is 269 g/mol. The minimum Gasteiger partial charge on any atom is -0.309 e. The zero-order valence-electron chi connectivity index (χ0n) is 10.9. The second-order valence-electron chi connectivity index (χ2n) is 4.45. The van der Waals surface area contributed by atoms with Crippen LogP contribution in [0.25, 0.3) is 10.8 Å². The Morgan fingerprint density at radius 1 is 1.21 bits per heavy atom. The summed E-state index contributed by atoms with van der Waals surface area (Å²) >= 11 is 1.73. The van der Waals surface area contributed by atoms with E-state index in [4.69, 9.17) is 0 Å². The van der Waals surface area contributed by atoms with E-state index in [-0.39, 0.29) is 6.04 Å². The molecular formula is C15H15N3S. The Hall–Kier alpha value is -1.78. The highest BCUT2D eigenvalue weighted by atomic mass is 32.1. The largest absolute Gasteiger partial charge is 0.309 e. The molecule has 0 saturated carbocycles. The lowest BCUT2D eigenvalue weighted by molar-refractivity contribution is 0.707. The Balaban J connectivity index is 2.16. The van der Waals surface area contributed by atoms with Crippen molar-refractivity contribution >= 4 is 22.1 Å². The van der Waals surface area contributed by atoms with Crippen molar-refractivity contribution in [3.63, 3.8) is 0 Å². The number of thiazole rings is 1. The van der Waals surface area contributed by atoms with Gasteiger partial charge in [0.15, 0.2) is 0 Å². The molecule has 0 amide bonds. The minimum atomic E-state index is 0.166. The maximum Gasteiger partial charge on any atom is 0.0897 e. The molecule has 0 fully saturated rings. The monoisotopic (exact) mass is 269 g/mol. The maximum absolute atomic E-state index is 4.35. The number of benzene rings is 1. The highest BCUT2D eigenvalue weighted by Gasteiger charge is 2.16. The molecule has 1 atom stereocenters. The SMILES string of the molecule is CNC(c1cnc(C)s1)c1cccc2ccncc12. The normalized spacial score (nSPS) is 12.7. The van der Waals surface area contributed by atoms with Crippen LogP contribution in [0.15, 0.2) is 42.9 Å². The van der Waals surface area contributed by atoms with E-state index in [1.54, 1.807) is 11.3 Å². The third-order valence-electron chi connectivity index (χ3n) is 3.24. The zero-order chi connectivity index (χ0) is 13.2. The summed E-state index contributed by atoms with van der Waals surface area (Å²) in [5, 5.41) is 6.88. The number of fused-ring (bicyclic) bond motifs is 1. The van der Waals surface area contributed by atoms with Crippen LogP contribution in [-0.2, 0) is 0 Å². The number of nitrogens with one attached hydrogen (secondary N) is 1. The number of nitrogens with zero attached hydrogens (tertiary/aromatic N) is 2. The highest BCUT2D eigenvalue weighted by Crippen LogP contribution is 2.30. The molecule has 96 valence electrons. The molecule has 0 aliphatic heterocycles. The quantitative estimate of drug-likeness (QED) is 0.792. The van der Waals surface area contributed by atoms with E-state index in [2.05, 4.69) is 33.5 Å². The van der Waals surface area contributed by atoms with Crippen LogP contribution >= 0.6 is 11.3 Å². The number of aromatic nitrogens is 2. The van der Waals surface area contributed by atoms with Crippen molar-refractivity contribution in [1.82, 2.24) is 15.3 Å². The summed E-state index contributed by atoms with van der Waals surface area (Å²) in [5.41, 5.74) is 1.25. The van der Waals surface area contributed by atoms with Gasteiger partial charge in [0.1, 0.15) is 0 Å². The fourth-order valence-corrected chi connectivity index (χ4v) is 3.27. The summed E-state index contributed by atoms with van der Waals surface area (Å²) in [6.45, 7) is 2.03. The maximum atomic E-state index is 4.35. The third kappa shape index (κ3) is 2.25. The van der Waals surface area contributed by atoms with Crippen molar-refractivity contribution in [3.05, 3.63) is 58.3 Å². The molecule has 0 bridgehead atoms. The fourth-order valence-electron chi connectivity index (χ4n) is 2.35. The van der Waals surface area contributed by atoms with Crippen molar-refractivity contribution in [1.29, 1.82) is 0 Å². The lowest BCUT2D eigenvalue weighted by Gasteiger charge is -2.16. The van der Waals surface area contributed by atoms with Gasteiger partial charge in [-0.15, -0.1) is 11.3 Å². The molecule has 19 heavy (non-hydrogen) atoms. The van der Waals surface area contributed by atoms with Crippen LogP contribution in [0.3, 0.4) is 0 Å². The molecule has 1 unspecified atom stereocenters. The van der Waals surface area contributed by atoms with Crippen LogP contribution in [-0.4, -0.2) is 17.0 Å². The Morgan fingerprint density at radius 3 is 2.84 bits per heavy atom. The van der Waals surface area contributed by atoms with Crippen molar-refractivity contribution in [2.24, 2.45) is 0 Å². The van der Waals surface area contributed by atoms with Gasteiger partial charge in [-0.1, -0.05) is 18.2 Å². The van der Waals surface area contributed by atoms with E-state index in [9.17, 15) is 0 Å². The molecule has 0 aliphatic carbocycles. The van der Waals surface area contributed by atoms with Gasteiger partial charge in [-0.05, 0) is 31.0 Å². The van der Waals surface area contributed by atoms with Crippen LogP contribution < -0.4 is 5.32 Å². The topological polar surface area (TPSA) is 37.8 Å². The van der Waals surface area contributed by atoms with E-state index in [1.807, 2.05) is 38.6 Å². The molecule has 3 nitrogen and oxygen atoms in total. The van der Waals surface area contributed by atoms with Crippen LogP contribution in [0.1, 0.15) is 21.5 Å². The van der Waals surface area contributed by atoms with E-state index >= 15 is 0 Å². The Bertz CT molecular complexity index is 700. The minimum absolute atomic E-state index is 0.166. The number of hydrogen-bond donors (Lipinski definition) is 1. The van der Waals surface area contributed by atoms with Crippen LogP contribution in [0.2, 0.25) is 0 Å². The first-order valence-electron chi connectivity index (χ1n) is 6.22. The highest BCUT2D eigenvalue weighted by molar-refractivity contribution is 7.11. The van der Waals surface area contributed by atoms with Crippen LogP contribution in [0, 0.1) is 6.92 Å². The van der Waals surface area contributed by atoms with Gasteiger partial charge >= 0.3 is 0 Å². The van der Waals surface area contributed by atoms with Crippen LogP contribution in [0.4, 0.5) is 0 Å². The summed E-state index contributed by atoms with van der Waals surface area (Å²) < 4.78 is 0. The first kappa shape index (κ1) is 12.3. The molecule has 4 heteroatoms. The molecule has 0 radical (unpaired) electrons. The molecule has 0 saturated heterocycles. The Kier molecular flexibility index (Phi) is 3.27. The number of rotatable bonds is 3. The van der Waals surface area contributed by atoms with Crippen molar-refractivity contribution in [2.75, 3.05) is 7.05 Å². The van der Waals surface area contributed by atoms with Gasteiger partial charge in [0.05, 0.1) is 11.0 Å². The fraction of sp³-hybridized carbons (Fsp3) is 0.200. The van der Waals surface area contributed by atoms with Gasteiger partial charge in [0.25, 0.3) is 0 Å². The molecule has 0 aliphatic rings. The second-order valence-corrected chi connectivity index (χ2v) is 5.71. The van der Waals surface area contributed by atoms with Gasteiger partial charge in [0.2, 0.25) is 0 Å². The van der Waals surface area contributed by atoms with Gasteiger partial charge in [-0.3, -0.25) is 4.98 Å². The van der Waals surface area contributed by atoms with E-state index in [0.29, 0.717) is 0 Å². The van der Waals surface area contributed by atoms with Crippen molar-refractivity contribution in [3.8, 4) is 0 Å². The lowest BCUT2D eigenvalue weighted by atomic mass is 10.00. The van der Waals surface area contributed by atoms with Gasteiger partial charge in [0, 0.05) is 28.9 Å². The lowest BCUT2D eigenvalue weighted by Crippen LogP contribution is -2.16. The van der Waals surface area contributed by atoms with Crippen molar-refractivity contribution < 1.29 is 0 Å². The number of hydrogen-bond acceptors (Lipinski definition) is 4. The number of pyridine rings is 1. The Morgan fingerprint density at radius 2 is 2.11 bits per heavy atom. The standard InChI is InChI=1S/C15H15N3S/c1-10-18-9-14(19-10)15(16-2)12-5-3-4-11-6-7-17-8-13(11)12/h3-9,15-16H,1-2H3. The van der Waals surface area contributed by atoms with E-state index < -0.39 is 0 Å². The summed E-state index contributed by atoms with van der Waals surface area (Å²) in [7, 11) is 1.98. The third-order valence-corrected chi connectivity index (χ3v) is 4.22. The molecule has 1 N–H and O–H groups in total. The molecule has 2 aromatic heterocycles. The summed E-state index contributed by atoms with van der Waals surface area (Å²) in [4.78, 5) is 9.84. The van der Waals surface area contributed by atoms with E-state index in [1.165, 1.54) is 21.2 Å². The Labute approximate surface area is 116 Å². The molecule has 3 aromatic rings. The van der Waals surface area contributed by atoms with Crippen LogP contribution in [0.5, 0.6) is 0 Å². The predicted molar refractivity (Wildman–Crippen MR) is 79.5 cm³/mol. The molecule has 0 spiro atoms. The van der Waals surface area contributed by atoms with Gasteiger partial charge in [-0.2, -0.15) is 0 Å². The second kappa shape index (κ2) is 5.07. The molecule has 3 rings (SSSR count). The predicted octanol–water partition coefficient (Wildman–Crippen LogP) is 3.31. The van der Waals surface area contributed by atoms with E-state index in [0.717, 1.165) is 5.01 Å². The first-order chi connectivity index (χ1) is 9.29. The number of aryl methyl sites for hydroxylation is 1. The van der Waals surface area contributed by atoms with Crippen molar-refractivity contribution in [2.45, 2.75) is 13.0 Å². The van der Waals surface area contributed by atoms with Gasteiger partial charge in [-0.25, -0.2) is 4.98 Å². The molecule has 2 heterocycles. The average Bonchev–Trinajstić information content (AvgIpc) is 2.86. The molecule has 1 aromatic carbocycles. The molecular weight excluding hydrogens is 254 g/mol. The smallest absolute Gasteiger partial charge is 0.0897 e. The summed E-state index contributed by atoms with van der Waals surface area (Å²) in [5.74, 6) is 0.